The van der Waals surface area contributed by atoms with E-state index in [9.17, 15) is 0 Å². The maximum Gasteiger partial charge on any atom is 0.143 e. The number of nitrogens with zero attached hydrogens (tertiary/aromatic N) is 3. The molecule has 1 aromatic rings. The monoisotopic (exact) mass is 285 g/mol. The molecular formula is C17H23N3O. The van der Waals surface area contributed by atoms with Crippen molar-refractivity contribution in [3.8, 4) is 0 Å². The molecule has 2 aliphatic carbocycles. The average Bonchev–Trinajstić information content (AvgIpc) is 3.05. The summed E-state index contributed by atoms with van der Waals surface area (Å²) in [5.41, 5.74) is 3.02. The fourth-order valence-corrected chi connectivity index (χ4v) is 4.48. The summed E-state index contributed by atoms with van der Waals surface area (Å²) in [6, 6.07) is 0. The first-order valence-electron chi connectivity index (χ1n) is 8.00. The van der Waals surface area contributed by atoms with E-state index in [0.717, 1.165) is 31.7 Å². The molecule has 0 radical (unpaired) electrons. The third-order valence-corrected chi connectivity index (χ3v) is 5.43. The largest absolute Gasteiger partial charge is 0.375 e. The zero-order chi connectivity index (χ0) is 14.5. The Morgan fingerprint density at radius 2 is 2.19 bits per heavy atom. The van der Waals surface area contributed by atoms with Gasteiger partial charge in [-0.05, 0) is 51.0 Å². The molecule has 1 aliphatic heterocycles. The molecule has 4 heteroatoms. The van der Waals surface area contributed by atoms with Gasteiger partial charge in [0.25, 0.3) is 0 Å². The first-order valence-corrected chi connectivity index (χ1v) is 8.00. The molecule has 112 valence electrons. The number of allylic oxidation sites excluding steroid dienone is 4. The van der Waals surface area contributed by atoms with Crippen LogP contribution in [0.4, 0.5) is 0 Å². The van der Waals surface area contributed by atoms with E-state index in [4.69, 9.17) is 4.74 Å². The van der Waals surface area contributed by atoms with E-state index in [-0.39, 0.29) is 11.0 Å². The zero-order valence-electron chi connectivity index (χ0n) is 12.9. The van der Waals surface area contributed by atoms with Gasteiger partial charge in [0.2, 0.25) is 0 Å². The predicted octanol–water partition coefficient (Wildman–Crippen LogP) is 3.06. The summed E-state index contributed by atoms with van der Waals surface area (Å²) < 4.78 is 8.17. The van der Waals surface area contributed by atoms with Gasteiger partial charge in [0.1, 0.15) is 12.2 Å². The van der Waals surface area contributed by atoms with E-state index in [1.54, 1.807) is 0 Å². The van der Waals surface area contributed by atoms with Gasteiger partial charge >= 0.3 is 0 Å². The van der Waals surface area contributed by atoms with Gasteiger partial charge < -0.3 is 9.30 Å². The normalized spacial score (nSPS) is 35.5. The molecule has 4 nitrogen and oxygen atoms in total. The van der Waals surface area contributed by atoms with Gasteiger partial charge in [-0.2, -0.15) is 0 Å². The van der Waals surface area contributed by atoms with Crippen LogP contribution >= 0.6 is 0 Å². The highest BCUT2D eigenvalue weighted by molar-refractivity contribution is 5.45. The lowest BCUT2D eigenvalue weighted by Crippen LogP contribution is -2.56. The SMILES string of the molecule is CC1=CC(C2(c3nncn3C)CC3(CCCO3)C2)=CCC1. The van der Waals surface area contributed by atoms with E-state index in [0.29, 0.717) is 0 Å². The first-order chi connectivity index (χ1) is 10.1. The summed E-state index contributed by atoms with van der Waals surface area (Å²) in [5, 5.41) is 8.57. The lowest BCUT2D eigenvalue weighted by molar-refractivity contribution is -0.0971. The maximum atomic E-state index is 6.08. The molecule has 0 atom stereocenters. The summed E-state index contributed by atoms with van der Waals surface area (Å²) in [6.07, 6.45) is 13.4. The van der Waals surface area contributed by atoms with Crippen molar-refractivity contribution in [3.05, 3.63) is 35.4 Å². The molecule has 3 aliphatic rings. The third-order valence-electron chi connectivity index (χ3n) is 5.43. The predicted molar refractivity (Wildman–Crippen MR) is 80.9 cm³/mol. The topological polar surface area (TPSA) is 39.9 Å². The average molecular weight is 285 g/mol. The lowest BCUT2D eigenvalue weighted by atomic mass is 9.53. The van der Waals surface area contributed by atoms with Crippen molar-refractivity contribution in [1.82, 2.24) is 14.8 Å². The maximum absolute atomic E-state index is 6.08. The van der Waals surface area contributed by atoms with Crippen LogP contribution in [0.2, 0.25) is 0 Å². The van der Waals surface area contributed by atoms with Gasteiger partial charge in [-0.15, -0.1) is 10.2 Å². The molecule has 0 bridgehead atoms. The van der Waals surface area contributed by atoms with Crippen LogP contribution in [0.15, 0.2) is 29.6 Å². The molecular weight excluding hydrogens is 262 g/mol. The van der Waals surface area contributed by atoms with Crippen molar-refractivity contribution in [3.63, 3.8) is 0 Å². The molecule has 1 aromatic heterocycles. The highest BCUT2D eigenvalue weighted by atomic mass is 16.5. The van der Waals surface area contributed by atoms with Gasteiger partial charge in [0.05, 0.1) is 11.0 Å². The van der Waals surface area contributed by atoms with Gasteiger partial charge in [0.15, 0.2) is 0 Å². The molecule has 0 unspecified atom stereocenters. The fraction of sp³-hybridized carbons (Fsp3) is 0.647. The van der Waals surface area contributed by atoms with Crippen molar-refractivity contribution < 1.29 is 4.74 Å². The van der Waals surface area contributed by atoms with Crippen molar-refractivity contribution >= 4 is 0 Å². The van der Waals surface area contributed by atoms with Gasteiger partial charge in [-0.25, -0.2) is 0 Å². The van der Waals surface area contributed by atoms with Crippen molar-refractivity contribution in [1.29, 1.82) is 0 Å². The Hall–Kier alpha value is -1.42. The third kappa shape index (κ3) is 1.92. The zero-order valence-corrected chi connectivity index (χ0v) is 12.9. The highest BCUT2D eigenvalue weighted by Crippen LogP contribution is 2.59. The van der Waals surface area contributed by atoms with Crippen molar-refractivity contribution in [2.24, 2.45) is 7.05 Å². The minimum atomic E-state index is 0.0112. The van der Waals surface area contributed by atoms with E-state index >= 15 is 0 Å². The number of aryl methyl sites for hydroxylation is 1. The standard InChI is InChI=1S/C17H23N3O/c1-13-5-3-6-14(9-13)17(15-19-18-12-20(15)2)10-16(11-17)7-4-8-21-16/h6,9,12H,3-5,7-8,10-11H2,1-2H3. The Bertz CT molecular complexity index is 612. The first kappa shape index (κ1) is 13.3. The van der Waals surface area contributed by atoms with Gasteiger partial charge in [0, 0.05) is 13.7 Å². The lowest BCUT2D eigenvalue weighted by Gasteiger charge is -2.54. The molecule has 0 aromatic carbocycles. The quantitative estimate of drug-likeness (QED) is 0.838. The number of aromatic nitrogens is 3. The van der Waals surface area contributed by atoms with E-state index < -0.39 is 0 Å². The van der Waals surface area contributed by atoms with Gasteiger partial charge in [-0.3, -0.25) is 0 Å². The molecule has 1 saturated heterocycles. The summed E-state index contributed by atoms with van der Waals surface area (Å²) in [7, 11) is 2.05. The van der Waals surface area contributed by atoms with E-state index in [2.05, 4.69) is 40.9 Å². The molecule has 1 saturated carbocycles. The van der Waals surface area contributed by atoms with E-state index in [1.165, 1.54) is 30.4 Å². The summed E-state index contributed by atoms with van der Waals surface area (Å²) in [4.78, 5) is 0. The Kier molecular flexibility index (Phi) is 2.86. The van der Waals surface area contributed by atoms with Crippen molar-refractivity contribution in [2.75, 3.05) is 6.61 Å². The molecule has 1 spiro atoms. The van der Waals surface area contributed by atoms with Gasteiger partial charge in [-0.1, -0.05) is 17.7 Å². The summed E-state index contributed by atoms with van der Waals surface area (Å²) in [6.45, 7) is 3.15. The number of hydrogen-bond acceptors (Lipinski definition) is 3. The molecule has 0 N–H and O–H groups in total. The van der Waals surface area contributed by atoms with Crippen LogP contribution in [0.1, 0.15) is 51.3 Å². The second-order valence-corrected chi connectivity index (χ2v) is 7.02. The molecule has 4 rings (SSSR count). The van der Waals surface area contributed by atoms with Crippen LogP contribution in [-0.4, -0.2) is 27.0 Å². The minimum Gasteiger partial charge on any atom is -0.375 e. The Balaban J connectivity index is 1.75. The highest BCUT2D eigenvalue weighted by Gasteiger charge is 2.60. The molecule has 2 fully saturated rings. The van der Waals surface area contributed by atoms with E-state index in [1.807, 2.05) is 6.33 Å². The Labute approximate surface area is 125 Å². The number of rotatable bonds is 2. The summed E-state index contributed by atoms with van der Waals surface area (Å²) >= 11 is 0. The van der Waals surface area contributed by atoms with Crippen LogP contribution in [0.25, 0.3) is 0 Å². The van der Waals surface area contributed by atoms with Crippen LogP contribution < -0.4 is 0 Å². The van der Waals surface area contributed by atoms with Crippen molar-refractivity contribution in [2.45, 2.75) is 56.5 Å². The second kappa shape index (κ2) is 4.54. The Morgan fingerprint density at radius 1 is 1.33 bits per heavy atom. The number of hydrogen-bond donors (Lipinski definition) is 0. The summed E-state index contributed by atoms with van der Waals surface area (Å²) in [5.74, 6) is 1.10. The minimum absolute atomic E-state index is 0.0112. The van der Waals surface area contributed by atoms with Crippen LogP contribution in [-0.2, 0) is 17.2 Å². The number of ether oxygens (including phenoxy) is 1. The molecule has 0 amide bonds. The second-order valence-electron chi connectivity index (χ2n) is 7.02. The van der Waals surface area contributed by atoms with Crippen LogP contribution in [0.3, 0.4) is 0 Å². The fourth-order valence-electron chi connectivity index (χ4n) is 4.48. The molecule has 2 heterocycles. The molecule has 21 heavy (non-hydrogen) atoms. The smallest absolute Gasteiger partial charge is 0.143 e. The Morgan fingerprint density at radius 3 is 2.81 bits per heavy atom. The van der Waals surface area contributed by atoms with Crippen LogP contribution in [0, 0.1) is 0 Å². The van der Waals surface area contributed by atoms with Crippen LogP contribution in [0.5, 0.6) is 0 Å².